The maximum atomic E-state index is 13.0. The summed E-state index contributed by atoms with van der Waals surface area (Å²) in [7, 11) is 0. The molecule has 0 saturated carbocycles. The van der Waals surface area contributed by atoms with Crippen molar-refractivity contribution in [3.05, 3.63) is 48.4 Å². The van der Waals surface area contributed by atoms with Crippen LogP contribution < -0.4 is 14.8 Å². The lowest BCUT2D eigenvalue weighted by atomic mass is 9.92. The van der Waals surface area contributed by atoms with Gasteiger partial charge in [-0.2, -0.15) is 0 Å². The number of aromatic nitrogens is 1. The van der Waals surface area contributed by atoms with Crippen molar-refractivity contribution < 1.29 is 13.9 Å². The fraction of sp³-hybridized carbons (Fsp3) is 0.421. The number of benzene rings is 1. The number of nitrogens with zero attached hydrogens (tertiary/aromatic N) is 1. The highest BCUT2D eigenvalue weighted by Gasteiger charge is 2.25. The van der Waals surface area contributed by atoms with E-state index in [1.807, 2.05) is 12.1 Å². The minimum atomic E-state index is -0.296. The molecule has 128 valence electrons. The normalized spacial score (nSPS) is 18.8. The van der Waals surface area contributed by atoms with Gasteiger partial charge in [-0.15, -0.1) is 0 Å². The van der Waals surface area contributed by atoms with Crippen LogP contribution in [-0.2, 0) is 0 Å². The zero-order chi connectivity index (χ0) is 16.8. The first-order chi connectivity index (χ1) is 11.8. The van der Waals surface area contributed by atoms with Gasteiger partial charge in [0.15, 0.2) is 5.75 Å². The van der Waals surface area contributed by atoms with Crippen molar-refractivity contribution in [2.24, 2.45) is 5.92 Å². The zero-order valence-corrected chi connectivity index (χ0v) is 13.9. The minimum absolute atomic E-state index is 0.123. The molecule has 1 saturated heterocycles. The van der Waals surface area contributed by atoms with E-state index in [0.717, 1.165) is 19.5 Å². The predicted octanol–water partition coefficient (Wildman–Crippen LogP) is 4.17. The smallest absolute Gasteiger partial charge is 0.262 e. The summed E-state index contributed by atoms with van der Waals surface area (Å²) in [6.07, 6.45) is 5.06. The number of hydrogen-bond donors (Lipinski definition) is 1. The molecule has 1 aromatic heterocycles. The molecule has 2 heterocycles. The second kappa shape index (κ2) is 8.11. The third-order valence-corrected chi connectivity index (χ3v) is 4.31. The summed E-state index contributed by atoms with van der Waals surface area (Å²) in [5.41, 5.74) is 0. The fourth-order valence-corrected chi connectivity index (χ4v) is 3.03. The van der Waals surface area contributed by atoms with Crippen LogP contribution in [0.4, 0.5) is 4.39 Å². The van der Waals surface area contributed by atoms with Crippen LogP contribution in [-0.4, -0.2) is 24.2 Å². The molecule has 0 spiro atoms. The van der Waals surface area contributed by atoms with Crippen LogP contribution in [0.15, 0.2) is 42.6 Å². The quantitative estimate of drug-likeness (QED) is 0.863. The van der Waals surface area contributed by atoms with Crippen LogP contribution in [0.25, 0.3) is 0 Å². The van der Waals surface area contributed by atoms with Gasteiger partial charge < -0.3 is 14.8 Å². The van der Waals surface area contributed by atoms with Crippen LogP contribution in [0.1, 0.15) is 26.2 Å². The van der Waals surface area contributed by atoms with Crippen molar-refractivity contribution in [2.45, 2.75) is 32.3 Å². The third-order valence-electron chi connectivity index (χ3n) is 4.31. The van der Waals surface area contributed by atoms with Crippen LogP contribution in [0.2, 0.25) is 0 Å². The van der Waals surface area contributed by atoms with E-state index in [4.69, 9.17) is 9.47 Å². The summed E-state index contributed by atoms with van der Waals surface area (Å²) in [6, 6.07) is 9.58. The van der Waals surface area contributed by atoms with E-state index in [1.54, 1.807) is 18.3 Å². The average molecular weight is 330 g/mol. The molecule has 2 aromatic rings. The Kier molecular flexibility index (Phi) is 5.64. The molecular formula is C19H23FN2O2. The number of ether oxygens (including phenoxy) is 2. The second-order valence-corrected chi connectivity index (χ2v) is 6.03. The Hall–Kier alpha value is -2.14. The van der Waals surface area contributed by atoms with Gasteiger partial charge >= 0.3 is 0 Å². The summed E-state index contributed by atoms with van der Waals surface area (Å²) < 4.78 is 25.0. The molecule has 0 amide bonds. The standard InChI is InChI=1S/C19H23FN2O2/c1-2-17(14-5-3-11-21-13-14)24-18-6-4-12-22-19(18)23-16-9-7-15(20)8-10-16/h4,6-10,12,14,17,21H,2-3,5,11,13H2,1H3. The SMILES string of the molecule is CCC(Oc1cccnc1Oc1ccc(F)cc1)C1CCCNC1. The first-order valence-corrected chi connectivity index (χ1v) is 8.52. The lowest BCUT2D eigenvalue weighted by molar-refractivity contribution is 0.108. The van der Waals surface area contributed by atoms with E-state index in [0.29, 0.717) is 23.3 Å². The van der Waals surface area contributed by atoms with Gasteiger partial charge in [-0.1, -0.05) is 6.92 Å². The number of halogens is 1. The summed E-state index contributed by atoms with van der Waals surface area (Å²) in [5, 5.41) is 3.43. The molecule has 0 radical (unpaired) electrons. The van der Waals surface area contributed by atoms with Crippen LogP contribution in [0, 0.1) is 11.7 Å². The molecule has 4 nitrogen and oxygen atoms in total. The van der Waals surface area contributed by atoms with E-state index in [9.17, 15) is 4.39 Å². The minimum Gasteiger partial charge on any atom is -0.484 e. The molecule has 1 aromatic carbocycles. The number of rotatable bonds is 6. The van der Waals surface area contributed by atoms with Crippen molar-refractivity contribution in [2.75, 3.05) is 13.1 Å². The van der Waals surface area contributed by atoms with Crippen molar-refractivity contribution in [1.29, 1.82) is 0 Å². The van der Waals surface area contributed by atoms with Gasteiger partial charge in [0.2, 0.25) is 0 Å². The Labute approximate surface area is 142 Å². The van der Waals surface area contributed by atoms with E-state index < -0.39 is 0 Å². The highest BCUT2D eigenvalue weighted by atomic mass is 19.1. The Morgan fingerprint density at radius 2 is 2.12 bits per heavy atom. The molecular weight excluding hydrogens is 307 g/mol. The highest BCUT2D eigenvalue weighted by Crippen LogP contribution is 2.32. The Balaban J connectivity index is 1.74. The van der Waals surface area contributed by atoms with Crippen molar-refractivity contribution >= 4 is 0 Å². The Morgan fingerprint density at radius 3 is 2.83 bits per heavy atom. The number of hydrogen-bond acceptors (Lipinski definition) is 4. The average Bonchev–Trinajstić information content (AvgIpc) is 2.63. The third kappa shape index (κ3) is 4.23. The lowest BCUT2D eigenvalue weighted by Gasteiger charge is -2.30. The van der Waals surface area contributed by atoms with Crippen molar-refractivity contribution in [3.63, 3.8) is 0 Å². The van der Waals surface area contributed by atoms with Crippen molar-refractivity contribution in [3.8, 4) is 17.4 Å². The topological polar surface area (TPSA) is 43.4 Å². The van der Waals surface area contributed by atoms with Gasteiger partial charge in [-0.3, -0.25) is 0 Å². The molecule has 0 bridgehead atoms. The number of piperidine rings is 1. The van der Waals surface area contributed by atoms with E-state index in [1.165, 1.54) is 25.0 Å². The van der Waals surface area contributed by atoms with Gasteiger partial charge in [0.1, 0.15) is 17.7 Å². The molecule has 1 aliphatic rings. The maximum absolute atomic E-state index is 13.0. The largest absolute Gasteiger partial charge is 0.484 e. The van der Waals surface area contributed by atoms with E-state index in [-0.39, 0.29) is 11.9 Å². The second-order valence-electron chi connectivity index (χ2n) is 6.03. The van der Waals surface area contributed by atoms with Crippen LogP contribution >= 0.6 is 0 Å². The fourth-order valence-electron chi connectivity index (χ4n) is 3.03. The van der Waals surface area contributed by atoms with Gasteiger partial charge in [-0.05, 0) is 62.2 Å². The zero-order valence-electron chi connectivity index (χ0n) is 13.9. The monoisotopic (exact) mass is 330 g/mol. The van der Waals surface area contributed by atoms with E-state index in [2.05, 4.69) is 17.2 Å². The lowest BCUT2D eigenvalue weighted by Crippen LogP contribution is -2.39. The van der Waals surface area contributed by atoms with Crippen molar-refractivity contribution in [1.82, 2.24) is 10.3 Å². The molecule has 1 N–H and O–H groups in total. The number of pyridine rings is 1. The summed E-state index contributed by atoms with van der Waals surface area (Å²) >= 11 is 0. The molecule has 1 fully saturated rings. The van der Waals surface area contributed by atoms with Gasteiger partial charge in [0, 0.05) is 18.7 Å². The molecule has 24 heavy (non-hydrogen) atoms. The molecule has 3 rings (SSSR count). The predicted molar refractivity (Wildman–Crippen MR) is 91.0 cm³/mol. The Morgan fingerprint density at radius 1 is 1.29 bits per heavy atom. The van der Waals surface area contributed by atoms with E-state index >= 15 is 0 Å². The van der Waals surface area contributed by atoms with Gasteiger partial charge in [0.05, 0.1) is 0 Å². The summed E-state index contributed by atoms with van der Waals surface area (Å²) in [5.74, 6) is 1.76. The maximum Gasteiger partial charge on any atom is 0.262 e. The molecule has 0 aliphatic carbocycles. The van der Waals surface area contributed by atoms with Crippen LogP contribution in [0.3, 0.4) is 0 Å². The molecule has 2 unspecified atom stereocenters. The van der Waals surface area contributed by atoms with Gasteiger partial charge in [0.25, 0.3) is 5.88 Å². The summed E-state index contributed by atoms with van der Waals surface area (Å²) in [6.45, 7) is 4.20. The first kappa shape index (κ1) is 16.7. The Bertz CT molecular complexity index is 642. The molecule has 1 aliphatic heterocycles. The summed E-state index contributed by atoms with van der Waals surface area (Å²) in [4.78, 5) is 4.27. The first-order valence-electron chi connectivity index (χ1n) is 8.52. The van der Waals surface area contributed by atoms with Gasteiger partial charge in [-0.25, -0.2) is 9.37 Å². The molecule has 2 atom stereocenters. The van der Waals surface area contributed by atoms with Crippen LogP contribution in [0.5, 0.6) is 17.4 Å². The highest BCUT2D eigenvalue weighted by molar-refractivity contribution is 5.37. The number of nitrogens with one attached hydrogen (secondary N) is 1. The molecule has 5 heteroatoms.